The van der Waals surface area contributed by atoms with E-state index in [0.29, 0.717) is 32.7 Å². The van der Waals surface area contributed by atoms with Crippen LogP contribution in [0.15, 0.2) is 12.2 Å². The molecule has 0 spiro atoms. The SMILES string of the molecule is CCCCC1C=CC(CCCC(=O)OCC2CO2)C(C(=O)OCC2CO2)C1C(=O)OCC1CO1. The van der Waals surface area contributed by atoms with Crippen molar-refractivity contribution in [3.8, 4) is 0 Å². The zero-order valence-electron chi connectivity index (χ0n) is 19.9. The zero-order chi connectivity index (χ0) is 23.9. The number of hydrogen-bond acceptors (Lipinski definition) is 9. The molecule has 0 bridgehead atoms. The lowest BCUT2D eigenvalue weighted by molar-refractivity contribution is -0.166. The summed E-state index contributed by atoms with van der Waals surface area (Å²) >= 11 is 0. The molecule has 4 rings (SSSR count). The number of hydrogen-bond donors (Lipinski definition) is 0. The van der Waals surface area contributed by atoms with Crippen LogP contribution in [0.5, 0.6) is 0 Å². The van der Waals surface area contributed by atoms with Gasteiger partial charge in [0.1, 0.15) is 38.1 Å². The summed E-state index contributed by atoms with van der Waals surface area (Å²) in [5.41, 5.74) is 0. The molecule has 3 saturated heterocycles. The number of rotatable bonds is 15. The van der Waals surface area contributed by atoms with E-state index in [9.17, 15) is 14.4 Å². The van der Waals surface area contributed by atoms with E-state index in [1.807, 2.05) is 6.08 Å². The molecule has 0 amide bonds. The molecule has 190 valence electrons. The molecule has 7 atom stereocenters. The van der Waals surface area contributed by atoms with Crippen molar-refractivity contribution in [1.82, 2.24) is 0 Å². The Labute approximate surface area is 200 Å². The van der Waals surface area contributed by atoms with Crippen molar-refractivity contribution in [2.75, 3.05) is 39.6 Å². The number of unbranched alkanes of at least 4 members (excludes halogenated alkanes) is 1. The lowest BCUT2D eigenvalue weighted by atomic mass is 9.67. The monoisotopic (exact) mass is 480 g/mol. The molecular weight excluding hydrogens is 444 g/mol. The molecule has 9 heteroatoms. The standard InChI is InChI=1S/C25H36O9/c1-2-3-5-16-8-9-17(6-4-7-21(26)32-13-18-10-29-18)23(25(28)34-15-20-12-31-20)22(16)24(27)33-14-19-11-30-19/h8-9,16-20,22-23H,2-7,10-15H2,1H3. The van der Waals surface area contributed by atoms with Crippen molar-refractivity contribution >= 4 is 17.9 Å². The third kappa shape index (κ3) is 7.78. The lowest BCUT2D eigenvalue weighted by Gasteiger charge is -2.37. The van der Waals surface area contributed by atoms with Crippen LogP contribution in [0.1, 0.15) is 45.4 Å². The van der Waals surface area contributed by atoms with Gasteiger partial charge in [0, 0.05) is 6.42 Å². The molecule has 0 radical (unpaired) electrons. The molecule has 0 aromatic heterocycles. The zero-order valence-corrected chi connectivity index (χ0v) is 19.9. The van der Waals surface area contributed by atoms with Gasteiger partial charge in [-0.15, -0.1) is 0 Å². The van der Waals surface area contributed by atoms with E-state index in [-0.39, 0.29) is 68.3 Å². The molecule has 0 saturated carbocycles. The van der Waals surface area contributed by atoms with E-state index in [2.05, 4.69) is 13.0 Å². The van der Waals surface area contributed by atoms with Gasteiger partial charge >= 0.3 is 17.9 Å². The van der Waals surface area contributed by atoms with Crippen LogP contribution < -0.4 is 0 Å². The fraction of sp³-hybridized carbons (Fsp3) is 0.800. The molecule has 3 aliphatic heterocycles. The summed E-state index contributed by atoms with van der Waals surface area (Å²) in [6, 6.07) is 0. The highest BCUT2D eigenvalue weighted by Gasteiger charge is 2.47. The molecule has 0 aromatic carbocycles. The Morgan fingerprint density at radius 3 is 1.62 bits per heavy atom. The molecule has 34 heavy (non-hydrogen) atoms. The fourth-order valence-electron chi connectivity index (χ4n) is 4.47. The first-order valence-corrected chi connectivity index (χ1v) is 12.6. The van der Waals surface area contributed by atoms with E-state index in [1.165, 1.54) is 0 Å². The maximum absolute atomic E-state index is 13.3. The summed E-state index contributed by atoms with van der Waals surface area (Å²) in [4.78, 5) is 38.5. The van der Waals surface area contributed by atoms with Crippen molar-refractivity contribution < 1.29 is 42.8 Å². The second kappa shape index (κ2) is 12.1. The highest BCUT2D eigenvalue weighted by molar-refractivity contribution is 5.83. The smallest absolute Gasteiger partial charge is 0.310 e. The molecule has 1 aliphatic carbocycles. The highest BCUT2D eigenvalue weighted by Crippen LogP contribution is 2.41. The van der Waals surface area contributed by atoms with Crippen LogP contribution in [0.4, 0.5) is 0 Å². The number of ether oxygens (including phenoxy) is 6. The maximum Gasteiger partial charge on any atom is 0.310 e. The third-order valence-electron chi connectivity index (χ3n) is 6.73. The average Bonchev–Trinajstić information content (AvgIpc) is 3.70. The Morgan fingerprint density at radius 1 is 0.735 bits per heavy atom. The van der Waals surface area contributed by atoms with Crippen LogP contribution in [-0.2, 0) is 42.8 Å². The van der Waals surface area contributed by atoms with E-state index in [4.69, 9.17) is 28.4 Å². The first kappa shape index (κ1) is 25.1. The quantitative estimate of drug-likeness (QED) is 0.150. The second-order valence-electron chi connectivity index (χ2n) is 9.61. The molecular formula is C25H36O9. The Morgan fingerprint density at radius 2 is 1.18 bits per heavy atom. The largest absolute Gasteiger partial charge is 0.463 e. The van der Waals surface area contributed by atoms with Crippen molar-refractivity contribution in [2.24, 2.45) is 23.7 Å². The van der Waals surface area contributed by atoms with Gasteiger partial charge in [-0.1, -0.05) is 31.9 Å². The lowest BCUT2D eigenvalue weighted by Crippen LogP contribution is -2.43. The number of carbonyl (C=O) groups excluding carboxylic acids is 3. The molecule has 0 aromatic rings. The first-order chi connectivity index (χ1) is 16.5. The number of carbonyl (C=O) groups is 3. The summed E-state index contributed by atoms with van der Waals surface area (Å²) < 4.78 is 31.7. The minimum atomic E-state index is -0.658. The summed E-state index contributed by atoms with van der Waals surface area (Å²) in [6.07, 6.45) is 8.12. The summed E-state index contributed by atoms with van der Waals surface area (Å²) in [6.45, 7) is 4.61. The number of allylic oxidation sites excluding steroid dienone is 2. The molecule has 0 N–H and O–H groups in total. The van der Waals surface area contributed by atoms with Gasteiger partial charge in [-0.05, 0) is 31.1 Å². The normalized spacial score (nSPS) is 33.1. The van der Waals surface area contributed by atoms with Crippen molar-refractivity contribution in [1.29, 1.82) is 0 Å². The van der Waals surface area contributed by atoms with Gasteiger partial charge in [-0.2, -0.15) is 0 Å². The van der Waals surface area contributed by atoms with Crippen LogP contribution in [-0.4, -0.2) is 75.9 Å². The van der Waals surface area contributed by atoms with Gasteiger partial charge in [0.2, 0.25) is 0 Å². The topological polar surface area (TPSA) is 116 Å². The average molecular weight is 481 g/mol. The summed E-state index contributed by atoms with van der Waals surface area (Å²) in [5, 5.41) is 0. The van der Waals surface area contributed by atoms with Crippen LogP contribution in [0.25, 0.3) is 0 Å². The highest BCUT2D eigenvalue weighted by atomic mass is 16.6. The maximum atomic E-state index is 13.3. The van der Waals surface area contributed by atoms with Crippen LogP contribution in [0.3, 0.4) is 0 Å². The van der Waals surface area contributed by atoms with Gasteiger partial charge in [-0.25, -0.2) is 0 Å². The second-order valence-corrected chi connectivity index (χ2v) is 9.61. The number of epoxide rings is 3. The van der Waals surface area contributed by atoms with E-state index in [1.54, 1.807) is 0 Å². The van der Waals surface area contributed by atoms with E-state index >= 15 is 0 Å². The van der Waals surface area contributed by atoms with Crippen molar-refractivity contribution in [2.45, 2.75) is 63.8 Å². The Kier molecular flexibility index (Phi) is 8.97. The van der Waals surface area contributed by atoms with Crippen LogP contribution in [0.2, 0.25) is 0 Å². The first-order valence-electron chi connectivity index (χ1n) is 12.6. The Balaban J connectivity index is 1.41. The van der Waals surface area contributed by atoms with Gasteiger partial charge in [0.15, 0.2) is 0 Å². The molecule has 4 aliphatic rings. The molecule has 3 fully saturated rings. The van der Waals surface area contributed by atoms with Gasteiger partial charge < -0.3 is 28.4 Å². The third-order valence-corrected chi connectivity index (χ3v) is 6.73. The predicted molar refractivity (Wildman–Crippen MR) is 119 cm³/mol. The summed E-state index contributed by atoms with van der Waals surface area (Å²) in [7, 11) is 0. The van der Waals surface area contributed by atoms with Gasteiger partial charge in [0.25, 0.3) is 0 Å². The Hall–Kier alpha value is -1.97. The molecule has 7 unspecified atom stereocenters. The van der Waals surface area contributed by atoms with Crippen molar-refractivity contribution in [3.05, 3.63) is 12.2 Å². The van der Waals surface area contributed by atoms with Crippen molar-refractivity contribution in [3.63, 3.8) is 0 Å². The van der Waals surface area contributed by atoms with Crippen LogP contribution >= 0.6 is 0 Å². The molecule has 9 nitrogen and oxygen atoms in total. The molecule has 3 heterocycles. The predicted octanol–water partition coefficient (Wildman–Crippen LogP) is 2.21. The minimum absolute atomic E-state index is 0.0349. The van der Waals surface area contributed by atoms with E-state index < -0.39 is 17.8 Å². The minimum Gasteiger partial charge on any atom is -0.463 e. The fourth-order valence-corrected chi connectivity index (χ4v) is 4.47. The van der Waals surface area contributed by atoms with Crippen LogP contribution in [0, 0.1) is 23.7 Å². The van der Waals surface area contributed by atoms with Gasteiger partial charge in [-0.3, -0.25) is 14.4 Å². The number of esters is 3. The Bertz CT molecular complexity index is 739. The van der Waals surface area contributed by atoms with E-state index in [0.717, 1.165) is 19.3 Å². The summed E-state index contributed by atoms with van der Waals surface area (Å²) in [5.74, 6) is -2.65. The van der Waals surface area contributed by atoms with Gasteiger partial charge in [0.05, 0.1) is 31.7 Å².